The summed E-state index contributed by atoms with van der Waals surface area (Å²) >= 11 is 0. The molecule has 0 saturated heterocycles. The highest BCUT2D eigenvalue weighted by atomic mass is 32.2. The largest absolute Gasteiger partial charge is 0.249 e. The number of nitriles is 1. The summed E-state index contributed by atoms with van der Waals surface area (Å²) < 4.78 is 16.7. The van der Waals surface area contributed by atoms with Crippen molar-refractivity contribution in [2.24, 2.45) is 27.5 Å². The van der Waals surface area contributed by atoms with Crippen molar-refractivity contribution in [3.05, 3.63) is 0 Å². The van der Waals surface area contributed by atoms with E-state index in [4.69, 9.17) is 5.26 Å². The Labute approximate surface area is 110 Å². The molecule has 1 atom stereocenters. The number of hydrogen-bond acceptors (Lipinski definition) is 3. The normalized spacial score (nSPS) is 44.3. The minimum atomic E-state index is -2.28. The molecule has 100 valence electrons. The van der Waals surface area contributed by atoms with Crippen LogP contribution in [-0.2, 0) is 9.73 Å². The van der Waals surface area contributed by atoms with E-state index in [1.807, 2.05) is 0 Å². The van der Waals surface area contributed by atoms with Crippen LogP contribution in [0.2, 0.25) is 0 Å². The Morgan fingerprint density at radius 2 is 1.72 bits per heavy atom. The monoisotopic (exact) mass is 266 g/mol. The number of rotatable bonds is 3. The summed E-state index contributed by atoms with van der Waals surface area (Å²) in [6.07, 6.45) is 7.96. The van der Waals surface area contributed by atoms with Crippen LogP contribution in [0.15, 0.2) is 4.36 Å². The molecule has 4 heteroatoms. The van der Waals surface area contributed by atoms with Gasteiger partial charge in [-0.25, -0.2) is 8.57 Å². The van der Waals surface area contributed by atoms with Crippen LogP contribution in [0.1, 0.15) is 38.5 Å². The summed E-state index contributed by atoms with van der Waals surface area (Å²) in [5.74, 6) is 3.43. The van der Waals surface area contributed by atoms with Crippen molar-refractivity contribution in [1.82, 2.24) is 0 Å². The van der Waals surface area contributed by atoms with E-state index in [0.29, 0.717) is 5.75 Å². The van der Waals surface area contributed by atoms with E-state index in [9.17, 15) is 4.21 Å². The minimum absolute atomic E-state index is 0.116. The molecule has 0 aromatic heterocycles. The summed E-state index contributed by atoms with van der Waals surface area (Å²) in [5, 5.41) is 8.86. The van der Waals surface area contributed by atoms with E-state index < -0.39 is 9.73 Å². The molecule has 3 nitrogen and oxygen atoms in total. The summed E-state index contributed by atoms with van der Waals surface area (Å²) in [4.78, 5) is 0. The first kappa shape index (κ1) is 12.5. The van der Waals surface area contributed by atoms with Gasteiger partial charge in [-0.15, -0.1) is 0 Å². The van der Waals surface area contributed by atoms with Gasteiger partial charge in [0.25, 0.3) is 0 Å². The molecule has 0 spiro atoms. The second-order valence-electron chi connectivity index (χ2n) is 6.82. The molecule has 4 bridgehead atoms. The Bertz CT molecular complexity index is 461. The van der Waals surface area contributed by atoms with Crippen molar-refractivity contribution in [2.75, 3.05) is 18.6 Å². The van der Waals surface area contributed by atoms with Crippen molar-refractivity contribution >= 4 is 9.73 Å². The van der Waals surface area contributed by atoms with Crippen LogP contribution >= 0.6 is 0 Å². The lowest BCUT2D eigenvalue weighted by atomic mass is 9.50. The lowest BCUT2D eigenvalue weighted by Gasteiger charge is -2.57. The highest BCUT2D eigenvalue weighted by Crippen LogP contribution is 2.60. The quantitative estimate of drug-likeness (QED) is 0.788. The van der Waals surface area contributed by atoms with Gasteiger partial charge in [-0.1, -0.05) is 0 Å². The van der Waals surface area contributed by atoms with E-state index in [1.54, 1.807) is 7.05 Å². The van der Waals surface area contributed by atoms with Crippen LogP contribution in [0.4, 0.5) is 0 Å². The lowest BCUT2D eigenvalue weighted by Crippen LogP contribution is -2.49. The van der Waals surface area contributed by atoms with Gasteiger partial charge in [-0.2, -0.15) is 5.26 Å². The predicted octanol–water partition coefficient (Wildman–Crippen LogP) is 2.82. The maximum Gasteiger partial charge on any atom is 0.119 e. The van der Waals surface area contributed by atoms with Gasteiger partial charge in [-0.3, -0.25) is 0 Å². The number of hydrogen-bond donors (Lipinski definition) is 0. The third-order valence-electron chi connectivity index (χ3n) is 5.32. The van der Waals surface area contributed by atoms with E-state index in [0.717, 1.165) is 17.8 Å². The molecule has 4 fully saturated rings. The van der Waals surface area contributed by atoms with Crippen molar-refractivity contribution in [3.8, 4) is 6.07 Å². The fraction of sp³-hybridized carbons (Fsp3) is 0.929. The maximum atomic E-state index is 12.6. The van der Waals surface area contributed by atoms with E-state index in [2.05, 4.69) is 10.4 Å². The molecule has 0 aromatic carbocycles. The first-order valence-electron chi connectivity index (χ1n) is 7.04. The van der Waals surface area contributed by atoms with Gasteiger partial charge in [0.05, 0.1) is 15.8 Å². The third-order valence-corrected chi connectivity index (χ3v) is 7.63. The van der Waals surface area contributed by atoms with Gasteiger partial charge in [0.2, 0.25) is 0 Å². The molecule has 0 aromatic rings. The average molecular weight is 266 g/mol. The van der Waals surface area contributed by atoms with Crippen molar-refractivity contribution in [2.45, 2.75) is 38.5 Å². The molecule has 4 aliphatic carbocycles. The predicted molar refractivity (Wildman–Crippen MR) is 72.4 cm³/mol. The zero-order valence-electron chi connectivity index (χ0n) is 11.1. The summed E-state index contributed by atoms with van der Waals surface area (Å²) in [6.45, 7) is 0. The molecule has 0 heterocycles. The molecule has 4 aliphatic rings. The fourth-order valence-corrected chi connectivity index (χ4v) is 7.10. The fourth-order valence-electron chi connectivity index (χ4n) is 5.23. The van der Waals surface area contributed by atoms with Gasteiger partial charge in [0, 0.05) is 12.8 Å². The van der Waals surface area contributed by atoms with E-state index in [-0.39, 0.29) is 11.2 Å². The van der Waals surface area contributed by atoms with E-state index in [1.165, 1.54) is 38.5 Å². The summed E-state index contributed by atoms with van der Waals surface area (Å²) in [5.41, 5.74) is 0.266. The Kier molecular flexibility index (Phi) is 2.93. The van der Waals surface area contributed by atoms with Gasteiger partial charge < -0.3 is 0 Å². The summed E-state index contributed by atoms with van der Waals surface area (Å²) in [7, 11) is -0.651. The Balaban J connectivity index is 1.84. The molecule has 1 unspecified atom stereocenters. The third kappa shape index (κ3) is 2.07. The highest BCUT2D eigenvalue weighted by molar-refractivity contribution is 7.93. The Morgan fingerprint density at radius 1 is 1.22 bits per heavy atom. The van der Waals surface area contributed by atoms with Crippen LogP contribution < -0.4 is 0 Å². The molecule has 0 amide bonds. The van der Waals surface area contributed by atoms with Gasteiger partial charge >= 0.3 is 0 Å². The summed E-state index contributed by atoms with van der Waals surface area (Å²) in [6, 6.07) is 2.07. The molecule has 4 rings (SSSR count). The van der Waals surface area contributed by atoms with Crippen LogP contribution in [0.3, 0.4) is 0 Å². The van der Waals surface area contributed by atoms with Crippen molar-refractivity contribution in [3.63, 3.8) is 0 Å². The lowest BCUT2D eigenvalue weighted by molar-refractivity contribution is -0.0387. The molecule has 0 aliphatic heterocycles. The molecule has 18 heavy (non-hydrogen) atoms. The second-order valence-corrected chi connectivity index (χ2v) is 9.31. The minimum Gasteiger partial charge on any atom is -0.249 e. The Hall–Kier alpha value is -0.560. The van der Waals surface area contributed by atoms with Crippen molar-refractivity contribution in [1.29, 1.82) is 5.26 Å². The molecular formula is C14H22N2OS. The topological polar surface area (TPSA) is 53.2 Å². The van der Waals surface area contributed by atoms with Crippen LogP contribution in [0, 0.1) is 34.5 Å². The van der Waals surface area contributed by atoms with Gasteiger partial charge in [0.1, 0.15) is 5.75 Å². The zero-order chi connectivity index (χ0) is 12.8. The Morgan fingerprint density at radius 3 is 2.11 bits per heavy atom. The first-order chi connectivity index (χ1) is 8.56. The van der Waals surface area contributed by atoms with Crippen molar-refractivity contribution < 1.29 is 4.21 Å². The van der Waals surface area contributed by atoms with E-state index >= 15 is 0 Å². The zero-order valence-corrected chi connectivity index (χ0v) is 11.9. The smallest absolute Gasteiger partial charge is 0.119 e. The SMILES string of the molecule is CN=S(=O)(CC#N)CC12CC3CC(CC(C3)C1)C2. The van der Waals surface area contributed by atoms with Crippen LogP contribution in [-0.4, -0.2) is 22.8 Å². The average Bonchev–Trinajstić information content (AvgIpc) is 2.26. The molecule has 0 radical (unpaired) electrons. The first-order valence-corrected chi connectivity index (χ1v) is 8.89. The maximum absolute atomic E-state index is 12.6. The second kappa shape index (κ2) is 4.23. The highest BCUT2D eigenvalue weighted by Gasteiger charge is 2.51. The van der Waals surface area contributed by atoms with Crippen LogP contribution in [0.25, 0.3) is 0 Å². The molecular weight excluding hydrogens is 244 g/mol. The standard InChI is InChI=1S/C14H22N2OS/c1-16-18(17,3-2-15)10-14-7-11-4-12(8-14)6-13(5-11)9-14/h11-13H,3-10H2,1H3. The molecule has 4 saturated carbocycles. The number of nitrogens with zero attached hydrogens (tertiary/aromatic N) is 2. The van der Waals surface area contributed by atoms with Gasteiger partial charge in [0.15, 0.2) is 0 Å². The van der Waals surface area contributed by atoms with Crippen LogP contribution in [0.5, 0.6) is 0 Å². The van der Waals surface area contributed by atoms with Gasteiger partial charge in [-0.05, 0) is 61.7 Å². The molecule has 0 N–H and O–H groups in total.